The van der Waals surface area contributed by atoms with E-state index in [2.05, 4.69) is 14.3 Å². The molecule has 0 bridgehead atoms. The number of hydrogen-bond acceptors (Lipinski definition) is 6. The van der Waals surface area contributed by atoms with Crippen LogP contribution in [0.15, 0.2) is 58.2 Å². The van der Waals surface area contributed by atoms with Crippen LogP contribution in [-0.2, 0) is 10.1 Å². The third-order valence-electron chi connectivity index (χ3n) is 5.12. The zero-order valence-electron chi connectivity index (χ0n) is 20.7. The Morgan fingerprint density at radius 2 is 1.82 bits per heavy atom. The lowest BCUT2D eigenvalue weighted by Gasteiger charge is -2.14. The zero-order valence-corrected chi connectivity index (χ0v) is 22.3. The second kappa shape index (κ2) is 11.1. The molecule has 3 rings (SSSR count). The van der Waals surface area contributed by atoms with Crippen LogP contribution in [0.1, 0.15) is 29.6 Å². The van der Waals surface area contributed by atoms with Crippen molar-refractivity contribution in [3.63, 3.8) is 0 Å². The number of rotatable bonds is 7. The maximum absolute atomic E-state index is 15.6. The highest BCUT2D eigenvalue weighted by Crippen LogP contribution is 2.31. The van der Waals surface area contributed by atoms with Crippen molar-refractivity contribution in [2.75, 3.05) is 0 Å². The van der Waals surface area contributed by atoms with Gasteiger partial charge in [0, 0.05) is 29.2 Å². The molecule has 1 aromatic carbocycles. The number of aryl methyl sites for hydroxylation is 3. The van der Waals surface area contributed by atoms with E-state index in [1.54, 1.807) is 26.8 Å². The summed E-state index contributed by atoms with van der Waals surface area (Å²) in [4.78, 5) is 16.7. The fourth-order valence-electron chi connectivity index (χ4n) is 3.40. The van der Waals surface area contributed by atoms with Gasteiger partial charge in [-0.25, -0.2) is 13.5 Å². The molecule has 0 N–H and O–H groups in total. The van der Waals surface area contributed by atoms with E-state index in [0.717, 1.165) is 6.92 Å². The first kappa shape index (κ1) is 29.8. The summed E-state index contributed by atoms with van der Waals surface area (Å²) in [5, 5.41) is 3.16. The fraction of sp³-hybridized carbons (Fsp3) is 0.208. The first-order chi connectivity index (χ1) is 18.1. The van der Waals surface area contributed by atoms with Gasteiger partial charge in [-0.05, 0) is 45.9 Å². The van der Waals surface area contributed by atoms with Crippen molar-refractivity contribution >= 4 is 33.6 Å². The third-order valence-corrected chi connectivity index (χ3v) is 6.43. The second-order valence-corrected chi connectivity index (χ2v) is 9.95. The van der Waals surface area contributed by atoms with Gasteiger partial charge in [0.2, 0.25) is 0 Å². The number of alkyl halides is 3. The predicted molar refractivity (Wildman–Crippen MR) is 136 cm³/mol. The first-order valence-corrected chi connectivity index (χ1v) is 12.7. The highest BCUT2D eigenvalue weighted by atomic mass is 35.5. The molecule has 0 fully saturated rings. The molecule has 0 unspecified atom stereocenters. The monoisotopic (exact) mass is 590 g/mol. The highest BCUT2D eigenvalue weighted by molar-refractivity contribution is 7.88. The minimum absolute atomic E-state index is 0.00263. The summed E-state index contributed by atoms with van der Waals surface area (Å²) in [6, 6.07) is 6.54. The molecule has 8 nitrogen and oxygen atoms in total. The van der Waals surface area contributed by atoms with Crippen LogP contribution in [0.2, 0.25) is 5.02 Å². The van der Waals surface area contributed by atoms with E-state index < -0.39 is 49.3 Å². The van der Waals surface area contributed by atoms with Crippen molar-refractivity contribution in [2.24, 2.45) is 4.99 Å². The summed E-state index contributed by atoms with van der Waals surface area (Å²) in [6.07, 6.45) is 3.21. The van der Waals surface area contributed by atoms with E-state index in [1.807, 2.05) is 0 Å². The summed E-state index contributed by atoms with van der Waals surface area (Å²) in [5.41, 5.74) is -6.93. The Kier molecular flexibility index (Phi) is 8.50. The SMILES string of the molecule is C/C=C/N=C(/C(F)=C/n1c(C)cc(OS(=O)(=O)C(F)(F)F)c(Cl)c1=O)c1cccc(-n2nc(C)cc2C)c1F. The second-order valence-electron chi connectivity index (χ2n) is 8.04. The molecule has 39 heavy (non-hydrogen) atoms. The van der Waals surface area contributed by atoms with E-state index >= 15 is 8.78 Å². The Hall–Kier alpha value is -3.78. The van der Waals surface area contributed by atoms with Crippen LogP contribution in [0.3, 0.4) is 0 Å². The van der Waals surface area contributed by atoms with Gasteiger partial charge in [0.1, 0.15) is 16.4 Å². The molecule has 0 radical (unpaired) electrons. The van der Waals surface area contributed by atoms with E-state index in [0.29, 0.717) is 28.2 Å². The summed E-state index contributed by atoms with van der Waals surface area (Å²) < 4.78 is 97.9. The van der Waals surface area contributed by atoms with Crippen LogP contribution in [0.4, 0.5) is 22.0 Å². The quantitative estimate of drug-likeness (QED) is 0.151. The summed E-state index contributed by atoms with van der Waals surface area (Å²) in [7, 11) is -6.13. The minimum Gasteiger partial charge on any atom is -0.374 e. The number of allylic oxidation sites excluding steroid dienone is 2. The van der Waals surface area contributed by atoms with Gasteiger partial charge in [-0.15, -0.1) is 0 Å². The lowest BCUT2D eigenvalue weighted by molar-refractivity contribution is -0.0500. The van der Waals surface area contributed by atoms with E-state index in [9.17, 15) is 26.4 Å². The maximum atomic E-state index is 15.6. The molecule has 0 spiro atoms. The van der Waals surface area contributed by atoms with Gasteiger partial charge < -0.3 is 4.18 Å². The molecule has 0 saturated carbocycles. The van der Waals surface area contributed by atoms with Gasteiger partial charge in [-0.1, -0.05) is 23.7 Å². The zero-order chi connectivity index (χ0) is 29.3. The van der Waals surface area contributed by atoms with Gasteiger partial charge in [0.15, 0.2) is 17.4 Å². The van der Waals surface area contributed by atoms with Crippen LogP contribution in [0, 0.1) is 26.6 Å². The van der Waals surface area contributed by atoms with Crippen molar-refractivity contribution in [3.05, 3.63) is 92.3 Å². The molecule has 208 valence electrons. The molecule has 2 heterocycles. The van der Waals surface area contributed by atoms with Crippen LogP contribution in [0.5, 0.6) is 5.75 Å². The van der Waals surface area contributed by atoms with Crippen molar-refractivity contribution < 1.29 is 34.6 Å². The smallest absolute Gasteiger partial charge is 0.374 e. The van der Waals surface area contributed by atoms with Crippen molar-refractivity contribution in [1.29, 1.82) is 0 Å². The molecule has 0 saturated heterocycles. The molecule has 2 aromatic heterocycles. The van der Waals surface area contributed by atoms with Gasteiger partial charge in [-0.2, -0.15) is 26.7 Å². The Morgan fingerprint density at radius 1 is 1.15 bits per heavy atom. The Labute approximate surface area is 224 Å². The fourth-order valence-corrected chi connectivity index (χ4v) is 4.10. The molecular formula is C24H20ClF5N4O4S. The first-order valence-electron chi connectivity index (χ1n) is 10.9. The molecule has 0 aliphatic carbocycles. The van der Waals surface area contributed by atoms with Gasteiger partial charge in [0.25, 0.3) is 5.56 Å². The largest absolute Gasteiger partial charge is 0.534 e. The standard InChI is InChI=1S/C24H20ClF5N4O4S/c1-5-9-31-22(16-7-6-8-18(21(16)27)34-15(4)10-13(2)32-34)17(26)12-33-14(3)11-19(20(25)23(33)35)38-39(36,37)24(28,29)30/h5-12H,1-4H3/b9-5+,17-12-,31-22+. The molecule has 0 aliphatic rings. The molecule has 0 amide bonds. The van der Waals surface area contributed by atoms with E-state index in [1.165, 1.54) is 35.2 Å². The molecular weight excluding hydrogens is 571 g/mol. The number of halogens is 6. The number of aliphatic imine (C=N–C) groups is 1. The highest BCUT2D eigenvalue weighted by Gasteiger charge is 2.49. The van der Waals surface area contributed by atoms with Crippen molar-refractivity contribution in [1.82, 2.24) is 14.3 Å². The minimum atomic E-state index is -6.13. The van der Waals surface area contributed by atoms with E-state index in [4.69, 9.17) is 11.6 Å². The topological polar surface area (TPSA) is 95.5 Å². The summed E-state index contributed by atoms with van der Waals surface area (Å²) >= 11 is 5.77. The van der Waals surface area contributed by atoms with Crippen LogP contribution >= 0.6 is 11.6 Å². The van der Waals surface area contributed by atoms with Gasteiger partial charge >= 0.3 is 15.6 Å². The molecule has 0 aliphatic heterocycles. The average molecular weight is 591 g/mol. The Bertz CT molecular complexity index is 1690. The lowest BCUT2D eigenvalue weighted by atomic mass is 10.1. The number of hydrogen-bond donors (Lipinski definition) is 0. The van der Waals surface area contributed by atoms with Crippen LogP contribution in [0.25, 0.3) is 11.9 Å². The van der Waals surface area contributed by atoms with Gasteiger partial charge in [-0.3, -0.25) is 14.4 Å². The van der Waals surface area contributed by atoms with Gasteiger partial charge in [0.05, 0.1) is 11.9 Å². The average Bonchev–Trinajstić information content (AvgIpc) is 3.17. The number of nitrogens with zero attached hydrogens (tertiary/aromatic N) is 4. The summed E-state index contributed by atoms with van der Waals surface area (Å²) in [5.74, 6) is -3.21. The summed E-state index contributed by atoms with van der Waals surface area (Å²) in [6.45, 7) is 6.15. The van der Waals surface area contributed by atoms with Crippen molar-refractivity contribution in [2.45, 2.75) is 33.2 Å². The lowest BCUT2D eigenvalue weighted by Crippen LogP contribution is -2.29. The van der Waals surface area contributed by atoms with E-state index in [-0.39, 0.29) is 16.9 Å². The molecule has 3 aromatic rings. The molecule has 15 heteroatoms. The number of benzene rings is 1. The maximum Gasteiger partial charge on any atom is 0.534 e. The predicted octanol–water partition coefficient (Wildman–Crippen LogP) is 5.77. The normalized spacial score (nSPS) is 13.4. The van der Waals surface area contributed by atoms with Crippen LogP contribution in [-0.4, -0.2) is 34.0 Å². The Balaban J connectivity index is 2.15. The third kappa shape index (κ3) is 6.11. The number of aromatic nitrogens is 3. The van der Waals surface area contributed by atoms with Crippen LogP contribution < -0.4 is 9.74 Å². The van der Waals surface area contributed by atoms with Crippen molar-refractivity contribution in [3.8, 4) is 11.4 Å². The molecule has 0 atom stereocenters. The Morgan fingerprint density at radius 3 is 2.38 bits per heavy atom. The number of pyridine rings is 1.